The van der Waals surface area contributed by atoms with Crippen LogP contribution < -0.4 is 15.0 Å². The minimum atomic E-state index is -2.24. The molecule has 2 heterocycles. The maximum absolute atomic E-state index is 14.0. The maximum Gasteiger partial charge on any atom is 0.335 e. The number of fused-ring (bicyclic) bond motifs is 3. The van der Waals surface area contributed by atoms with E-state index < -0.39 is 29.8 Å². The number of carboxylic acid groups (broad SMARTS) is 1. The standard InChI is InChI=1S/C37H40ClN3O6/c1-40-18-5-3-2-4-6-19-41-23-36(17-7-8-26-20-28(38)12-15-30(26)36)24-47-32-16-11-27(21-31(32)41)37(46,22-33(40)42)35(45)39-29-13-9-25(10-14-29)34(43)44/h3,5,9-16,20-21,46H,2,4,6-8,17-19,22-24H2,1H3,(H,39,45)(H,43,44)/b5-3+/t36-,37-/m0/s1. The lowest BCUT2D eigenvalue weighted by atomic mass is 9.70. The number of rotatable bonds is 3. The van der Waals surface area contributed by atoms with Gasteiger partial charge in [-0.15, -0.1) is 0 Å². The van der Waals surface area contributed by atoms with Crippen molar-refractivity contribution in [3.05, 3.63) is 100 Å². The molecule has 1 aliphatic carbocycles. The molecule has 0 fully saturated rings. The molecule has 3 aliphatic rings. The molecule has 2 amide bonds. The Labute approximate surface area is 279 Å². The van der Waals surface area contributed by atoms with Gasteiger partial charge in [-0.3, -0.25) is 9.59 Å². The second kappa shape index (κ2) is 13.4. The van der Waals surface area contributed by atoms with E-state index in [-0.39, 0.29) is 16.5 Å². The summed E-state index contributed by atoms with van der Waals surface area (Å²) in [5.74, 6) is -1.63. The normalized spacial score (nSPS) is 23.9. The molecule has 9 nitrogen and oxygen atoms in total. The Balaban J connectivity index is 1.41. The fourth-order valence-corrected chi connectivity index (χ4v) is 7.22. The number of halogens is 1. The van der Waals surface area contributed by atoms with Crippen molar-refractivity contribution in [3.8, 4) is 5.75 Å². The maximum atomic E-state index is 14.0. The van der Waals surface area contributed by atoms with E-state index in [2.05, 4.69) is 28.4 Å². The van der Waals surface area contributed by atoms with E-state index in [1.807, 2.05) is 12.1 Å². The lowest BCUT2D eigenvalue weighted by Gasteiger charge is -2.41. The molecule has 3 aromatic carbocycles. The summed E-state index contributed by atoms with van der Waals surface area (Å²) in [6.07, 6.45) is 9.21. The number of hydrogen-bond acceptors (Lipinski definition) is 6. The van der Waals surface area contributed by atoms with Gasteiger partial charge in [0.05, 0.1) is 24.3 Å². The van der Waals surface area contributed by atoms with Gasteiger partial charge >= 0.3 is 5.97 Å². The SMILES string of the molecule is CN1C/C=C/CCCCN2C[C@@]3(CCCc4cc(Cl)ccc43)COc3ccc(cc32)[C@](O)(C(=O)Nc2ccc(C(=O)O)cc2)CC1=O. The number of carboxylic acids is 1. The largest absolute Gasteiger partial charge is 0.490 e. The van der Waals surface area contributed by atoms with Crippen LogP contribution in [0.2, 0.25) is 5.02 Å². The predicted octanol–water partition coefficient (Wildman–Crippen LogP) is 5.93. The van der Waals surface area contributed by atoms with Crippen molar-refractivity contribution in [2.24, 2.45) is 0 Å². The highest BCUT2D eigenvalue weighted by atomic mass is 35.5. The fourth-order valence-electron chi connectivity index (χ4n) is 7.02. The molecule has 246 valence electrons. The summed E-state index contributed by atoms with van der Waals surface area (Å²) >= 11 is 6.40. The summed E-state index contributed by atoms with van der Waals surface area (Å²) in [5, 5.41) is 25.0. The minimum absolute atomic E-state index is 0.0628. The number of ether oxygens (including phenoxy) is 1. The van der Waals surface area contributed by atoms with Crippen LogP contribution in [0, 0.1) is 0 Å². The molecule has 0 radical (unpaired) electrons. The lowest BCUT2D eigenvalue weighted by Crippen LogP contribution is -2.46. The van der Waals surface area contributed by atoms with Crippen LogP contribution in [0.4, 0.5) is 11.4 Å². The minimum Gasteiger partial charge on any atom is -0.490 e. The Morgan fingerprint density at radius 3 is 2.60 bits per heavy atom. The Hall–Kier alpha value is -4.34. The van der Waals surface area contributed by atoms with Gasteiger partial charge in [0.15, 0.2) is 5.60 Å². The van der Waals surface area contributed by atoms with Crippen molar-refractivity contribution in [3.63, 3.8) is 0 Å². The van der Waals surface area contributed by atoms with E-state index in [0.29, 0.717) is 31.1 Å². The number of benzene rings is 3. The summed E-state index contributed by atoms with van der Waals surface area (Å²) in [5.41, 5.74) is 1.38. The van der Waals surface area contributed by atoms with Crippen molar-refractivity contribution >= 4 is 40.8 Å². The van der Waals surface area contributed by atoms with Gasteiger partial charge in [-0.2, -0.15) is 0 Å². The molecule has 0 saturated heterocycles. The molecule has 10 heteroatoms. The van der Waals surface area contributed by atoms with Crippen LogP contribution in [0.5, 0.6) is 5.75 Å². The number of aromatic carboxylic acids is 1. The number of amides is 2. The number of nitrogens with zero attached hydrogens (tertiary/aromatic N) is 2. The highest BCUT2D eigenvalue weighted by Gasteiger charge is 2.44. The van der Waals surface area contributed by atoms with Crippen molar-refractivity contribution in [1.82, 2.24) is 4.90 Å². The van der Waals surface area contributed by atoms with Crippen LogP contribution in [0.1, 0.15) is 65.6 Å². The van der Waals surface area contributed by atoms with Crippen LogP contribution in [-0.2, 0) is 27.0 Å². The predicted molar refractivity (Wildman–Crippen MR) is 181 cm³/mol. The number of allylic oxidation sites excluding steroid dienone is 1. The van der Waals surface area contributed by atoms with Gasteiger partial charge in [0, 0.05) is 42.8 Å². The van der Waals surface area contributed by atoms with Gasteiger partial charge in [0.25, 0.3) is 5.91 Å². The van der Waals surface area contributed by atoms with Crippen LogP contribution in [0.15, 0.2) is 72.8 Å². The van der Waals surface area contributed by atoms with E-state index in [1.54, 1.807) is 25.2 Å². The number of aryl methyl sites for hydroxylation is 1. The molecular weight excluding hydrogens is 618 g/mol. The highest BCUT2D eigenvalue weighted by Crippen LogP contribution is 2.45. The molecule has 3 aromatic rings. The molecule has 2 aliphatic heterocycles. The van der Waals surface area contributed by atoms with Gasteiger partial charge in [0.2, 0.25) is 5.91 Å². The van der Waals surface area contributed by atoms with E-state index in [9.17, 15) is 24.6 Å². The van der Waals surface area contributed by atoms with E-state index in [4.69, 9.17) is 16.3 Å². The van der Waals surface area contributed by atoms with Crippen LogP contribution >= 0.6 is 11.6 Å². The number of aliphatic hydroxyl groups is 1. The first-order chi connectivity index (χ1) is 22.6. The van der Waals surface area contributed by atoms with E-state index in [1.165, 1.54) is 40.3 Å². The molecule has 2 atom stereocenters. The molecule has 0 aromatic heterocycles. The Morgan fingerprint density at radius 2 is 1.81 bits per heavy atom. The molecular formula is C37H40ClN3O6. The van der Waals surface area contributed by atoms with Gasteiger partial charge < -0.3 is 30.1 Å². The number of carbonyl (C=O) groups is 3. The average Bonchev–Trinajstić information content (AvgIpc) is 3.20. The van der Waals surface area contributed by atoms with Gasteiger partial charge in [0.1, 0.15) is 5.75 Å². The number of carbonyl (C=O) groups excluding carboxylic acids is 2. The first-order valence-corrected chi connectivity index (χ1v) is 16.5. The molecule has 0 unspecified atom stereocenters. The number of anilines is 2. The topological polar surface area (TPSA) is 119 Å². The van der Waals surface area contributed by atoms with Crippen LogP contribution in [-0.4, -0.2) is 66.2 Å². The van der Waals surface area contributed by atoms with Crippen LogP contribution in [0.25, 0.3) is 0 Å². The van der Waals surface area contributed by atoms with Gasteiger partial charge in [-0.25, -0.2) is 4.79 Å². The first-order valence-electron chi connectivity index (χ1n) is 16.2. The summed E-state index contributed by atoms with van der Waals surface area (Å²) in [6.45, 7) is 2.27. The Bertz CT molecular complexity index is 1710. The van der Waals surface area contributed by atoms with Crippen molar-refractivity contribution < 1.29 is 29.3 Å². The third kappa shape index (κ3) is 6.73. The third-order valence-corrected chi connectivity index (χ3v) is 9.94. The zero-order valence-corrected chi connectivity index (χ0v) is 27.3. The molecule has 2 bridgehead atoms. The first kappa shape index (κ1) is 32.6. The van der Waals surface area contributed by atoms with Crippen molar-refractivity contribution in [2.75, 3.05) is 43.5 Å². The molecule has 47 heavy (non-hydrogen) atoms. The Morgan fingerprint density at radius 1 is 1.00 bits per heavy atom. The van der Waals surface area contributed by atoms with Gasteiger partial charge in [-0.05, 0) is 104 Å². The highest BCUT2D eigenvalue weighted by molar-refractivity contribution is 6.30. The molecule has 0 saturated carbocycles. The van der Waals surface area contributed by atoms with Crippen LogP contribution in [0.3, 0.4) is 0 Å². The Kier molecular flexibility index (Phi) is 9.30. The second-order valence-electron chi connectivity index (χ2n) is 12.9. The second-order valence-corrected chi connectivity index (χ2v) is 13.4. The van der Waals surface area contributed by atoms with Crippen molar-refractivity contribution in [1.29, 1.82) is 0 Å². The monoisotopic (exact) mass is 657 g/mol. The lowest BCUT2D eigenvalue weighted by molar-refractivity contribution is -0.145. The number of nitrogens with one attached hydrogen (secondary N) is 1. The molecule has 1 spiro atoms. The van der Waals surface area contributed by atoms with E-state index in [0.717, 1.165) is 55.8 Å². The summed E-state index contributed by atoms with van der Waals surface area (Å²) in [7, 11) is 1.65. The summed E-state index contributed by atoms with van der Waals surface area (Å²) < 4.78 is 6.58. The third-order valence-electron chi connectivity index (χ3n) is 9.71. The summed E-state index contributed by atoms with van der Waals surface area (Å²) in [6, 6.07) is 17.0. The zero-order valence-electron chi connectivity index (χ0n) is 26.5. The van der Waals surface area contributed by atoms with Gasteiger partial charge in [-0.1, -0.05) is 35.9 Å². The smallest absolute Gasteiger partial charge is 0.335 e. The number of hydrogen-bond donors (Lipinski definition) is 3. The summed E-state index contributed by atoms with van der Waals surface area (Å²) in [4.78, 5) is 42.6. The molecule has 3 N–H and O–H groups in total. The van der Waals surface area contributed by atoms with Crippen molar-refractivity contribution in [2.45, 2.75) is 56.0 Å². The molecule has 6 rings (SSSR count). The zero-order chi connectivity index (χ0) is 33.2. The average molecular weight is 658 g/mol. The van der Waals surface area contributed by atoms with E-state index >= 15 is 0 Å². The fraction of sp³-hybridized carbons (Fsp3) is 0.378. The quantitative estimate of drug-likeness (QED) is 0.299. The number of likely N-dealkylation sites (N-methyl/N-ethyl adjacent to an activating group) is 1.